The SMILES string of the molecule is Cc1cc(C)c(Br)c(C)c1N. The monoisotopic (exact) mass is 213 g/mol. The van der Waals surface area contributed by atoms with Gasteiger partial charge < -0.3 is 5.73 Å². The molecule has 0 amide bonds. The van der Waals surface area contributed by atoms with Gasteiger partial charge in [0.2, 0.25) is 0 Å². The van der Waals surface area contributed by atoms with Crippen LogP contribution in [0.4, 0.5) is 5.69 Å². The van der Waals surface area contributed by atoms with E-state index in [1.807, 2.05) is 13.8 Å². The van der Waals surface area contributed by atoms with Crippen LogP contribution in [-0.2, 0) is 0 Å². The van der Waals surface area contributed by atoms with E-state index < -0.39 is 0 Å². The Balaban J connectivity index is 3.46. The second kappa shape index (κ2) is 2.86. The molecule has 0 aliphatic rings. The Hall–Kier alpha value is -0.500. The molecule has 0 aromatic heterocycles. The molecule has 0 radical (unpaired) electrons. The summed E-state index contributed by atoms with van der Waals surface area (Å²) in [5.74, 6) is 0. The van der Waals surface area contributed by atoms with Gasteiger partial charge in [-0.05, 0) is 37.5 Å². The third-order valence-electron chi connectivity index (χ3n) is 1.94. The maximum absolute atomic E-state index is 5.82. The number of aryl methyl sites for hydroxylation is 2. The van der Waals surface area contributed by atoms with Crippen molar-refractivity contribution in [1.82, 2.24) is 0 Å². The first kappa shape index (κ1) is 8.60. The summed E-state index contributed by atoms with van der Waals surface area (Å²) in [6, 6.07) is 2.09. The maximum atomic E-state index is 5.82. The number of anilines is 1. The summed E-state index contributed by atoms with van der Waals surface area (Å²) in [6.07, 6.45) is 0. The van der Waals surface area contributed by atoms with Crippen molar-refractivity contribution in [2.24, 2.45) is 0 Å². The fourth-order valence-electron chi connectivity index (χ4n) is 1.18. The topological polar surface area (TPSA) is 26.0 Å². The smallest absolute Gasteiger partial charge is 0.0384 e. The van der Waals surface area contributed by atoms with Crippen molar-refractivity contribution >= 4 is 21.6 Å². The molecule has 0 atom stereocenters. The fourth-order valence-corrected chi connectivity index (χ4v) is 1.50. The number of rotatable bonds is 0. The highest BCUT2D eigenvalue weighted by molar-refractivity contribution is 9.10. The standard InChI is InChI=1S/C9H12BrN/c1-5-4-6(2)9(11)7(3)8(5)10/h4H,11H2,1-3H3. The maximum Gasteiger partial charge on any atom is 0.0384 e. The molecule has 1 aromatic carbocycles. The highest BCUT2D eigenvalue weighted by Crippen LogP contribution is 2.28. The van der Waals surface area contributed by atoms with Crippen LogP contribution in [0.2, 0.25) is 0 Å². The Bertz CT molecular complexity index is 266. The summed E-state index contributed by atoms with van der Waals surface area (Å²) in [5.41, 5.74) is 10.3. The largest absolute Gasteiger partial charge is 0.398 e. The molecule has 0 aliphatic carbocycles. The molecule has 60 valence electrons. The van der Waals surface area contributed by atoms with Crippen molar-refractivity contribution in [1.29, 1.82) is 0 Å². The van der Waals surface area contributed by atoms with Crippen LogP contribution in [-0.4, -0.2) is 0 Å². The molecule has 0 saturated heterocycles. The molecule has 2 N–H and O–H groups in total. The predicted molar refractivity (Wildman–Crippen MR) is 52.8 cm³/mol. The van der Waals surface area contributed by atoms with E-state index >= 15 is 0 Å². The predicted octanol–water partition coefficient (Wildman–Crippen LogP) is 2.96. The number of benzene rings is 1. The molecule has 1 nitrogen and oxygen atoms in total. The molecular formula is C9H12BrN. The zero-order valence-corrected chi connectivity index (χ0v) is 8.62. The molecule has 2 heteroatoms. The Kier molecular flexibility index (Phi) is 2.23. The lowest BCUT2D eigenvalue weighted by atomic mass is 10.1. The van der Waals surface area contributed by atoms with E-state index in [0.29, 0.717) is 0 Å². The lowest BCUT2D eigenvalue weighted by Gasteiger charge is -2.08. The average Bonchev–Trinajstić information content (AvgIpc) is 1.97. The van der Waals surface area contributed by atoms with Gasteiger partial charge in [-0.15, -0.1) is 0 Å². The lowest BCUT2D eigenvalue weighted by molar-refractivity contribution is 1.30. The first-order chi connectivity index (χ1) is 5.04. The van der Waals surface area contributed by atoms with E-state index in [2.05, 4.69) is 28.9 Å². The molecule has 11 heavy (non-hydrogen) atoms. The first-order valence-electron chi connectivity index (χ1n) is 3.56. The summed E-state index contributed by atoms with van der Waals surface area (Å²) in [4.78, 5) is 0. The van der Waals surface area contributed by atoms with Gasteiger partial charge >= 0.3 is 0 Å². The summed E-state index contributed by atoms with van der Waals surface area (Å²) < 4.78 is 1.13. The second-order valence-electron chi connectivity index (χ2n) is 2.86. The number of nitrogens with two attached hydrogens (primary N) is 1. The number of hydrogen-bond acceptors (Lipinski definition) is 1. The summed E-state index contributed by atoms with van der Waals surface area (Å²) >= 11 is 3.48. The van der Waals surface area contributed by atoms with Crippen LogP contribution in [0.5, 0.6) is 0 Å². The zero-order valence-electron chi connectivity index (χ0n) is 7.03. The van der Waals surface area contributed by atoms with E-state index in [-0.39, 0.29) is 0 Å². The summed E-state index contributed by atoms with van der Waals surface area (Å²) in [7, 11) is 0. The van der Waals surface area contributed by atoms with Gasteiger partial charge in [0, 0.05) is 10.2 Å². The van der Waals surface area contributed by atoms with E-state index in [1.165, 1.54) is 5.56 Å². The van der Waals surface area contributed by atoms with Gasteiger partial charge in [-0.25, -0.2) is 0 Å². The van der Waals surface area contributed by atoms with Gasteiger partial charge in [0.25, 0.3) is 0 Å². The molecule has 0 heterocycles. The van der Waals surface area contributed by atoms with E-state index in [1.54, 1.807) is 0 Å². The number of nitrogen functional groups attached to an aromatic ring is 1. The molecular weight excluding hydrogens is 202 g/mol. The van der Waals surface area contributed by atoms with Crippen LogP contribution < -0.4 is 5.73 Å². The van der Waals surface area contributed by atoms with Gasteiger partial charge in [0.1, 0.15) is 0 Å². The van der Waals surface area contributed by atoms with Gasteiger partial charge in [0.15, 0.2) is 0 Å². The van der Waals surface area contributed by atoms with Gasteiger partial charge in [0.05, 0.1) is 0 Å². The third kappa shape index (κ3) is 1.41. The fraction of sp³-hybridized carbons (Fsp3) is 0.333. The molecule has 0 unspecified atom stereocenters. The minimum absolute atomic E-state index is 0.891. The summed E-state index contributed by atoms with van der Waals surface area (Å²) in [6.45, 7) is 6.13. The van der Waals surface area contributed by atoms with Crippen molar-refractivity contribution < 1.29 is 0 Å². The van der Waals surface area contributed by atoms with Crippen LogP contribution in [0.3, 0.4) is 0 Å². The normalized spacial score (nSPS) is 10.2. The van der Waals surface area contributed by atoms with Crippen LogP contribution in [0.15, 0.2) is 10.5 Å². The van der Waals surface area contributed by atoms with Crippen molar-refractivity contribution in [2.75, 3.05) is 5.73 Å². The molecule has 0 bridgehead atoms. The Morgan fingerprint density at radius 1 is 1.18 bits per heavy atom. The van der Waals surface area contributed by atoms with Crippen molar-refractivity contribution in [2.45, 2.75) is 20.8 Å². The average molecular weight is 214 g/mol. The minimum Gasteiger partial charge on any atom is -0.398 e. The highest BCUT2D eigenvalue weighted by Gasteiger charge is 2.04. The zero-order chi connectivity index (χ0) is 8.59. The second-order valence-corrected chi connectivity index (χ2v) is 3.66. The number of hydrogen-bond donors (Lipinski definition) is 1. The van der Waals surface area contributed by atoms with Crippen LogP contribution in [0, 0.1) is 20.8 Å². The van der Waals surface area contributed by atoms with E-state index in [0.717, 1.165) is 21.3 Å². The molecule has 0 aliphatic heterocycles. The summed E-state index contributed by atoms with van der Waals surface area (Å²) in [5, 5.41) is 0. The van der Waals surface area contributed by atoms with Crippen molar-refractivity contribution in [3.8, 4) is 0 Å². The Labute approximate surface area is 75.7 Å². The quantitative estimate of drug-likeness (QED) is 0.660. The van der Waals surface area contributed by atoms with E-state index in [4.69, 9.17) is 5.73 Å². The number of halogens is 1. The highest BCUT2D eigenvalue weighted by atomic mass is 79.9. The molecule has 0 spiro atoms. The van der Waals surface area contributed by atoms with Gasteiger partial charge in [-0.1, -0.05) is 22.0 Å². The Morgan fingerprint density at radius 2 is 1.73 bits per heavy atom. The first-order valence-corrected chi connectivity index (χ1v) is 4.35. The van der Waals surface area contributed by atoms with Crippen molar-refractivity contribution in [3.05, 3.63) is 27.2 Å². The van der Waals surface area contributed by atoms with Gasteiger partial charge in [-0.2, -0.15) is 0 Å². The molecule has 1 aromatic rings. The third-order valence-corrected chi connectivity index (χ3v) is 3.16. The molecule has 1 rings (SSSR count). The van der Waals surface area contributed by atoms with Crippen LogP contribution in [0.25, 0.3) is 0 Å². The van der Waals surface area contributed by atoms with E-state index in [9.17, 15) is 0 Å². The molecule has 0 fully saturated rings. The minimum atomic E-state index is 0.891. The van der Waals surface area contributed by atoms with Crippen LogP contribution in [0.1, 0.15) is 16.7 Å². The lowest BCUT2D eigenvalue weighted by Crippen LogP contribution is -1.95. The molecule has 0 saturated carbocycles. The van der Waals surface area contributed by atoms with Crippen LogP contribution >= 0.6 is 15.9 Å². The van der Waals surface area contributed by atoms with Gasteiger partial charge in [-0.3, -0.25) is 0 Å². The van der Waals surface area contributed by atoms with Crippen molar-refractivity contribution in [3.63, 3.8) is 0 Å². The Morgan fingerprint density at radius 3 is 2.27 bits per heavy atom.